The highest BCUT2D eigenvalue weighted by molar-refractivity contribution is 7.80. The maximum atomic E-state index is 11.8. The van der Waals surface area contributed by atoms with E-state index in [2.05, 4.69) is 35.7 Å². The number of aliphatic hydroxyl groups is 2. The van der Waals surface area contributed by atoms with Crippen LogP contribution in [0.5, 0.6) is 11.5 Å². The van der Waals surface area contributed by atoms with Crippen molar-refractivity contribution in [1.29, 1.82) is 0 Å². The van der Waals surface area contributed by atoms with Crippen LogP contribution in [0.3, 0.4) is 0 Å². The summed E-state index contributed by atoms with van der Waals surface area (Å²) >= 11 is 8.40. The van der Waals surface area contributed by atoms with Gasteiger partial charge in [0, 0.05) is 11.5 Å². The highest BCUT2D eigenvalue weighted by atomic mass is 32.1. The summed E-state index contributed by atoms with van der Waals surface area (Å²) in [5.74, 6) is -0.796. The molecule has 232 valence electrons. The second-order valence-corrected chi connectivity index (χ2v) is 11.0. The summed E-state index contributed by atoms with van der Waals surface area (Å²) in [6.07, 6.45) is 0. The molecule has 0 bridgehead atoms. The maximum absolute atomic E-state index is 11.8. The lowest BCUT2D eigenvalue weighted by molar-refractivity contribution is -0.139. The molecule has 9 nitrogen and oxygen atoms in total. The van der Waals surface area contributed by atoms with E-state index >= 15 is 0 Å². The zero-order chi connectivity index (χ0) is 32.3. The molecule has 0 aromatic heterocycles. The molecule has 0 saturated heterocycles. The van der Waals surface area contributed by atoms with Gasteiger partial charge in [0.15, 0.2) is 0 Å². The van der Waals surface area contributed by atoms with Gasteiger partial charge in [0.1, 0.15) is 23.6 Å². The van der Waals surface area contributed by atoms with Gasteiger partial charge in [0.25, 0.3) is 13.7 Å². The zero-order valence-electron chi connectivity index (χ0n) is 24.3. The quantitative estimate of drug-likeness (QED) is 0.0650. The number of hydrogen-bond donors (Lipinski definition) is 8. The molecular weight excluding hydrogens is 610 g/mol. The van der Waals surface area contributed by atoms with E-state index in [1.54, 1.807) is 36.4 Å². The van der Waals surface area contributed by atoms with E-state index < -0.39 is 37.7 Å². The molecule has 0 fully saturated rings. The van der Waals surface area contributed by atoms with E-state index in [1.807, 2.05) is 60.7 Å². The topological polar surface area (TPSA) is 148 Å². The van der Waals surface area contributed by atoms with Crippen LogP contribution in [0.1, 0.15) is 11.1 Å². The van der Waals surface area contributed by atoms with Crippen molar-refractivity contribution in [1.82, 2.24) is 10.5 Å². The van der Waals surface area contributed by atoms with Gasteiger partial charge in [-0.3, -0.25) is 9.59 Å². The number of nitrogens with one attached hydrogen (secondary N) is 2. The number of ether oxygens (including phenoxy) is 1. The Kier molecular flexibility index (Phi) is 12.6. The third-order valence-electron chi connectivity index (χ3n) is 7.43. The highest BCUT2D eigenvalue weighted by Gasteiger charge is 2.29. The number of benzene rings is 4. The Morgan fingerprint density at radius 2 is 0.978 bits per heavy atom. The fourth-order valence-corrected chi connectivity index (χ4v) is 5.57. The summed E-state index contributed by atoms with van der Waals surface area (Å²) in [6.45, 7) is -1.43. The second kappa shape index (κ2) is 16.6. The fraction of sp³-hybridized carbons (Fsp3) is 0.188. The minimum Gasteiger partial charge on any atom is -0.480 e. The van der Waals surface area contributed by atoms with Crippen LogP contribution in [-0.2, 0) is 22.8 Å². The number of hydrogen-bond acceptors (Lipinski definition) is 9. The Morgan fingerprint density at radius 1 is 0.622 bits per heavy atom. The van der Waals surface area contributed by atoms with Crippen molar-refractivity contribution >= 4 is 72.7 Å². The smallest absolute Gasteiger partial charge is 0.320 e. The molecule has 4 rings (SSSR count). The van der Waals surface area contributed by atoms with Crippen molar-refractivity contribution in [2.45, 2.75) is 25.3 Å². The van der Waals surface area contributed by atoms with E-state index in [0.717, 1.165) is 21.9 Å². The summed E-state index contributed by atoms with van der Waals surface area (Å²) in [7, 11) is 0. The van der Waals surface area contributed by atoms with Crippen molar-refractivity contribution in [3.8, 4) is 11.5 Å². The molecule has 0 amide bonds. The van der Waals surface area contributed by atoms with Gasteiger partial charge in [-0.15, -0.1) is 0 Å². The highest BCUT2D eigenvalue weighted by Crippen LogP contribution is 2.20. The zero-order valence-corrected chi connectivity index (χ0v) is 26.1. The fourth-order valence-electron chi connectivity index (χ4n) is 5.05. The van der Waals surface area contributed by atoms with Crippen molar-refractivity contribution in [2.24, 2.45) is 0 Å². The Balaban J connectivity index is 1.58. The van der Waals surface area contributed by atoms with Crippen molar-refractivity contribution < 1.29 is 34.8 Å². The van der Waals surface area contributed by atoms with Gasteiger partial charge in [0.2, 0.25) is 0 Å². The van der Waals surface area contributed by atoms with Gasteiger partial charge in [0.05, 0.1) is 13.2 Å². The van der Waals surface area contributed by atoms with Crippen LogP contribution in [0.15, 0.2) is 97.1 Å². The average Bonchev–Trinajstić information content (AvgIpc) is 3.06. The van der Waals surface area contributed by atoms with Gasteiger partial charge in [-0.2, -0.15) is 25.3 Å². The average molecular weight is 644 g/mol. The molecule has 45 heavy (non-hydrogen) atoms. The van der Waals surface area contributed by atoms with Crippen LogP contribution in [-0.4, -0.2) is 69.6 Å². The SMILES string of the molecule is O=C(O)[C@H](CS)NB(c1ccc(Oc2ccc(B(N[C@@H](CS)C(=O)O)c3ccccc3CO)cc2)cc1)c1ccccc1CO. The number of rotatable bonds is 16. The maximum Gasteiger partial charge on any atom is 0.320 e. The number of carboxylic acids is 2. The molecule has 0 radical (unpaired) electrons. The standard InChI is InChI=1S/C32H34B2N2O7S2/c37-17-21-5-1-3-7-27(21)33(35-29(19-44)31(39)40)23-9-13-25(14-10-23)43-26-15-11-24(12-16-26)34(36-30(20-45)32(41)42)28-8-4-2-6-22(28)18-38/h1-16,29-30,35-38,44-45H,17-20H2,(H,39,40)(H,41,42)/t29-,30-/m0/s1. The van der Waals surface area contributed by atoms with Gasteiger partial charge in [-0.05, 0) is 35.4 Å². The normalized spacial score (nSPS) is 12.3. The first-order valence-corrected chi connectivity index (χ1v) is 15.5. The predicted octanol–water partition coefficient (Wildman–Crippen LogP) is 0.620. The molecule has 6 N–H and O–H groups in total. The second-order valence-electron chi connectivity index (χ2n) is 10.3. The molecule has 0 aliphatic heterocycles. The number of aliphatic hydroxyl groups excluding tert-OH is 2. The van der Waals surface area contributed by atoms with Crippen LogP contribution in [0.2, 0.25) is 0 Å². The minimum atomic E-state index is -1.03. The molecule has 0 aliphatic rings. The Labute approximate surface area is 273 Å². The third kappa shape index (κ3) is 8.72. The van der Waals surface area contributed by atoms with Gasteiger partial charge in [-0.25, -0.2) is 0 Å². The van der Waals surface area contributed by atoms with Crippen LogP contribution < -0.4 is 37.0 Å². The number of carboxylic acid groups (broad SMARTS) is 2. The first-order valence-electron chi connectivity index (χ1n) is 14.2. The van der Waals surface area contributed by atoms with Crippen LogP contribution in [0, 0.1) is 0 Å². The van der Waals surface area contributed by atoms with Crippen molar-refractivity contribution in [2.75, 3.05) is 11.5 Å². The van der Waals surface area contributed by atoms with E-state index in [-0.39, 0.29) is 24.7 Å². The van der Waals surface area contributed by atoms with Gasteiger partial charge < -0.3 is 35.6 Å². The lowest BCUT2D eigenvalue weighted by Crippen LogP contribution is -2.60. The summed E-state index contributed by atoms with van der Waals surface area (Å²) in [5.41, 5.74) is 4.42. The van der Waals surface area contributed by atoms with Crippen LogP contribution >= 0.6 is 25.3 Å². The molecule has 0 heterocycles. The van der Waals surface area contributed by atoms with E-state index in [4.69, 9.17) is 4.74 Å². The first-order chi connectivity index (χ1) is 21.8. The summed E-state index contributed by atoms with van der Waals surface area (Å²) in [6, 6.07) is 27.2. The largest absolute Gasteiger partial charge is 0.480 e. The lowest BCUT2D eigenvalue weighted by atomic mass is 9.49. The third-order valence-corrected chi connectivity index (χ3v) is 8.16. The summed E-state index contributed by atoms with van der Waals surface area (Å²) in [4.78, 5) is 23.6. The van der Waals surface area contributed by atoms with E-state index in [9.17, 15) is 30.0 Å². The molecule has 0 unspecified atom stereocenters. The predicted molar refractivity (Wildman–Crippen MR) is 185 cm³/mol. The Morgan fingerprint density at radius 3 is 1.29 bits per heavy atom. The Bertz CT molecular complexity index is 1460. The van der Waals surface area contributed by atoms with Crippen LogP contribution in [0.25, 0.3) is 0 Å². The van der Waals surface area contributed by atoms with Crippen molar-refractivity contribution in [3.63, 3.8) is 0 Å². The molecule has 13 heteroatoms. The number of thiol groups is 2. The van der Waals surface area contributed by atoms with Gasteiger partial charge >= 0.3 is 11.9 Å². The molecule has 4 aromatic carbocycles. The molecule has 0 aliphatic carbocycles. The van der Waals surface area contributed by atoms with E-state index in [0.29, 0.717) is 22.6 Å². The number of aliphatic carboxylic acids is 2. The first kappa shape index (κ1) is 34.2. The summed E-state index contributed by atoms with van der Waals surface area (Å²) < 4.78 is 6.10. The minimum absolute atomic E-state index is 0.0812. The Hall–Kier alpha value is -3.71. The molecular formula is C32H34B2N2O7S2. The molecule has 2 atom stereocenters. The monoisotopic (exact) mass is 644 g/mol. The number of carbonyl (C=O) groups is 2. The van der Waals surface area contributed by atoms with Crippen molar-refractivity contribution in [3.05, 3.63) is 108 Å². The molecule has 0 saturated carbocycles. The van der Waals surface area contributed by atoms with Gasteiger partial charge in [-0.1, -0.05) is 94.6 Å². The molecule has 4 aromatic rings. The molecule has 0 spiro atoms. The van der Waals surface area contributed by atoms with E-state index in [1.165, 1.54) is 0 Å². The summed E-state index contributed by atoms with van der Waals surface area (Å²) in [5, 5.41) is 45.5. The van der Waals surface area contributed by atoms with Crippen LogP contribution in [0.4, 0.5) is 0 Å². The lowest BCUT2D eigenvalue weighted by Gasteiger charge is -2.23.